The van der Waals surface area contributed by atoms with Crippen LogP contribution >= 0.6 is 11.6 Å². The van der Waals surface area contributed by atoms with Crippen molar-refractivity contribution in [3.8, 4) is 11.5 Å². The molecule has 0 aliphatic carbocycles. The van der Waals surface area contributed by atoms with E-state index in [9.17, 15) is 18.0 Å². The van der Waals surface area contributed by atoms with Crippen LogP contribution in [0.2, 0.25) is 5.02 Å². The van der Waals surface area contributed by atoms with Crippen molar-refractivity contribution in [1.29, 1.82) is 0 Å². The van der Waals surface area contributed by atoms with Gasteiger partial charge < -0.3 is 19.7 Å². The van der Waals surface area contributed by atoms with Crippen molar-refractivity contribution < 1.29 is 27.5 Å². The first-order chi connectivity index (χ1) is 22.8. The van der Waals surface area contributed by atoms with Gasteiger partial charge in [0.1, 0.15) is 24.1 Å². The van der Waals surface area contributed by atoms with Crippen LogP contribution in [0, 0.1) is 0 Å². The molecule has 2 amide bonds. The van der Waals surface area contributed by atoms with Crippen LogP contribution in [0.25, 0.3) is 0 Å². The van der Waals surface area contributed by atoms with E-state index in [2.05, 4.69) is 5.32 Å². The molecule has 48 heavy (non-hydrogen) atoms. The number of nitrogens with zero attached hydrogens (tertiary/aromatic N) is 2. The Kier molecular flexibility index (Phi) is 12.1. The molecule has 0 saturated heterocycles. The van der Waals surface area contributed by atoms with Crippen molar-refractivity contribution in [3.05, 3.63) is 119 Å². The molecule has 0 bridgehead atoms. The topological polar surface area (TPSA) is 105 Å². The summed E-state index contributed by atoms with van der Waals surface area (Å²) in [6, 6.07) is 28.0. The second-order valence-corrected chi connectivity index (χ2v) is 14.5. The number of ether oxygens (including phenoxy) is 2. The third-order valence-corrected chi connectivity index (χ3v) is 9.40. The lowest BCUT2D eigenvalue weighted by molar-refractivity contribution is -0.140. The Morgan fingerprint density at radius 1 is 0.875 bits per heavy atom. The molecular weight excluding hydrogens is 650 g/mol. The summed E-state index contributed by atoms with van der Waals surface area (Å²) in [5.74, 6) is -0.0942. The largest absolute Gasteiger partial charge is 0.497 e. The first-order valence-corrected chi connectivity index (χ1v) is 17.4. The number of carbonyl (C=O) groups is 2. The first kappa shape index (κ1) is 36.3. The van der Waals surface area contributed by atoms with E-state index in [1.54, 1.807) is 56.5 Å². The zero-order chi connectivity index (χ0) is 34.9. The average Bonchev–Trinajstić information content (AvgIpc) is 3.05. The Balaban J connectivity index is 1.86. The summed E-state index contributed by atoms with van der Waals surface area (Å²) in [7, 11) is -2.78. The fraction of sp³-hybridized carbons (Fsp3) is 0.297. The molecule has 0 aliphatic rings. The fourth-order valence-electron chi connectivity index (χ4n) is 5.16. The van der Waals surface area contributed by atoms with Crippen molar-refractivity contribution in [2.45, 2.75) is 57.1 Å². The minimum absolute atomic E-state index is 0.00698. The van der Waals surface area contributed by atoms with E-state index < -0.39 is 34.1 Å². The van der Waals surface area contributed by atoms with Crippen LogP contribution in [0.3, 0.4) is 0 Å². The average molecular weight is 692 g/mol. The minimum Gasteiger partial charge on any atom is -0.497 e. The highest BCUT2D eigenvalue weighted by Crippen LogP contribution is 2.33. The number of rotatable bonds is 14. The van der Waals surface area contributed by atoms with E-state index >= 15 is 0 Å². The number of sulfonamides is 1. The van der Waals surface area contributed by atoms with Gasteiger partial charge in [0, 0.05) is 23.5 Å². The lowest BCUT2D eigenvalue weighted by Crippen LogP contribution is -2.56. The quantitative estimate of drug-likeness (QED) is 0.162. The van der Waals surface area contributed by atoms with E-state index in [1.807, 2.05) is 57.2 Å². The van der Waals surface area contributed by atoms with Crippen molar-refractivity contribution in [2.24, 2.45) is 0 Å². The van der Waals surface area contributed by atoms with Gasteiger partial charge in [-0.05, 0) is 87.4 Å². The highest BCUT2D eigenvalue weighted by Gasteiger charge is 2.36. The summed E-state index contributed by atoms with van der Waals surface area (Å²) in [5, 5.41) is 3.40. The van der Waals surface area contributed by atoms with Gasteiger partial charge in [0.15, 0.2) is 0 Å². The fourth-order valence-corrected chi connectivity index (χ4v) is 6.71. The molecule has 4 aromatic carbocycles. The maximum atomic E-state index is 14.7. The molecule has 1 N–H and O–H groups in total. The van der Waals surface area contributed by atoms with Gasteiger partial charge in [-0.25, -0.2) is 8.42 Å². The Labute approximate surface area is 288 Å². The molecule has 0 unspecified atom stereocenters. The normalized spacial score (nSPS) is 12.1. The van der Waals surface area contributed by atoms with Crippen LogP contribution < -0.4 is 19.1 Å². The predicted molar refractivity (Wildman–Crippen MR) is 189 cm³/mol. The Bertz CT molecular complexity index is 1790. The second-order valence-electron chi connectivity index (χ2n) is 12.2. The molecular formula is C37H42ClN3O6S. The van der Waals surface area contributed by atoms with E-state index in [0.29, 0.717) is 16.3 Å². The van der Waals surface area contributed by atoms with Gasteiger partial charge in [0.2, 0.25) is 11.8 Å². The smallest absolute Gasteiger partial charge is 0.264 e. The van der Waals surface area contributed by atoms with E-state index in [1.165, 1.54) is 29.2 Å². The molecule has 254 valence electrons. The summed E-state index contributed by atoms with van der Waals surface area (Å²) in [5.41, 5.74) is 1.12. The van der Waals surface area contributed by atoms with Gasteiger partial charge in [-0.2, -0.15) is 0 Å². The molecule has 0 aromatic heterocycles. The summed E-state index contributed by atoms with van der Waals surface area (Å²) in [6.07, 6.45) is 0.192. The predicted octanol–water partition coefficient (Wildman–Crippen LogP) is 6.50. The summed E-state index contributed by atoms with van der Waals surface area (Å²) >= 11 is 6.09. The number of halogens is 1. The molecule has 11 heteroatoms. The molecule has 1 atom stereocenters. The third kappa shape index (κ3) is 9.51. The summed E-state index contributed by atoms with van der Waals surface area (Å²) in [6.45, 7) is 7.04. The Hall–Kier alpha value is -4.54. The number of amides is 2. The molecule has 0 heterocycles. The molecule has 0 aliphatic heterocycles. The number of methoxy groups -OCH3 is 1. The third-order valence-electron chi connectivity index (χ3n) is 7.37. The zero-order valence-electron chi connectivity index (χ0n) is 27.9. The van der Waals surface area contributed by atoms with Gasteiger partial charge >= 0.3 is 0 Å². The van der Waals surface area contributed by atoms with E-state index in [0.717, 1.165) is 9.87 Å². The lowest BCUT2D eigenvalue weighted by atomic mass is 10.0. The van der Waals surface area contributed by atoms with Crippen LogP contribution in [0.5, 0.6) is 11.5 Å². The number of hydrogen-bond acceptors (Lipinski definition) is 6. The van der Waals surface area contributed by atoms with Crippen LogP contribution in [-0.2, 0) is 32.6 Å². The Morgan fingerprint density at radius 3 is 2.17 bits per heavy atom. The second kappa shape index (κ2) is 16.0. The monoisotopic (exact) mass is 691 g/mol. The number of hydrogen-bond donors (Lipinski definition) is 1. The highest BCUT2D eigenvalue weighted by atomic mass is 35.5. The number of anilines is 1. The molecule has 9 nitrogen and oxygen atoms in total. The number of carbonyl (C=O) groups excluding carboxylic acids is 2. The van der Waals surface area contributed by atoms with Crippen molar-refractivity contribution in [1.82, 2.24) is 10.2 Å². The number of benzene rings is 4. The standard InChI is InChI=1S/C37H42ClN3O6S/c1-6-47-34-18-11-10-17-32(34)41(48(44,45)31-21-19-29(38)20-22-31)26-35(42)40(25-28-15-12-16-30(23-28)46-5)33(36(43)39-37(2,3)4)24-27-13-8-7-9-14-27/h7-23,33H,6,24-26H2,1-5H3,(H,39,43)/t33-/m1/s1. The first-order valence-electron chi connectivity index (χ1n) is 15.6. The maximum absolute atomic E-state index is 14.7. The molecule has 0 spiro atoms. The van der Waals surface area contributed by atoms with Crippen LogP contribution in [0.15, 0.2) is 108 Å². The van der Waals surface area contributed by atoms with E-state index in [4.69, 9.17) is 21.1 Å². The number of nitrogens with one attached hydrogen (secondary N) is 1. The molecule has 0 radical (unpaired) electrons. The van der Waals surface area contributed by atoms with Gasteiger partial charge in [-0.15, -0.1) is 0 Å². The van der Waals surface area contributed by atoms with Crippen molar-refractivity contribution in [2.75, 3.05) is 24.6 Å². The van der Waals surface area contributed by atoms with E-state index in [-0.39, 0.29) is 41.8 Å². The van der Waals surface area contributed by atoms with Gasteiger partial charge in [-0.1, -0.05) is 66.2 Å². The summed E-state index contributed by atoms with van der Waals surface area (Å²) < 4.78 is 41.0. The van der Waals surface area contributed by atoms with Gasteiger partial charge in [-0.3, -0.25) is 13.9 Å². The van der Waals surface area contributed by atoms with Crippen LogP contribution in [-0.4, -0.2) is 57.0 Å². The number of para-hydroxylation sites is 2. The van der Waals surface area contributed by atoms with Crippen LogP contribution in [0.1, 0.15) is 38.8 Å². The van der Waals surface area contributed by atoms with Crippen LogP contribution in [0.4, 0.5) is 5.69 Å². The van der Waals surface area contributed by atoms with Crippen molar-refractivity contribution in [3.63, 3.8) is 0 Å². The van der Waals surface area contributed by atoms with Gasteiger partial charge in [0.25, 0.3) is 10.0 Å². The van der Waals surface area contributed by atoms with Crippen molar-refractivity contribution >= 4 is 39.1 Å². The highest BCUT2D eigenvalue weighted by molar-refractivity contribution is 7.92. The molecule has 4 aromatic rings. The minimum atomic E-state index is -4.33. The molecule has 4 rings (SSSR count). The molecule has 0 fully saturated rings. The van der Waals surface area contributed by atoms with Gasteiger partial charge in [0.05, 0.1) is 24.3 Å². The SMILES string of the molecule is CCOc1ccccc1N(CC(=O)N(Cc1cccc(OC)c1)[C@H](Cc1ccccc1)C(=O)NC(C)(C)C)S(=O)(=O)c1ccc(Cl)cc1. The Morgan fingerprint density at radius 2 is 1.52 bits per heavy atom. The zero-order valence-corrected chi connectivity index (χ0v) is 29.4. The summed E-state index contributed by atoms with van der Waals surface area (Å²) in [4.78, 5) is 30.2. The molecule has 0 saturated carbocycles. The lowest BCUT2D eigenvalue weighted by Gasteiger charge is -2.35. The maximum Gasteiger partial charge on any atom is 0.264 e.